The van der Waals surface area contributed by atoms with Gasteiger partial charge in [0.1, 0.15) is 23.7 Å². The molecule has 4 atom stereocenters. The van der Waals surface area contributed by atoms with Gasteiger partial charge in [0, 0.05) is 24.9 Å². The first kappa shape index (κ1) is 30.7. The fourth-order valence-electron chi connectivity index (χ4n) is 4.65. The standard InChI is InChI=1S/C29H42N4O5S/c1-18(2)24(31-25(34)19(3)32(7)28(37)38-29(4,5)6)27(36)33-17-39-16-23(33)26(35)30-15-21-13-10-12-20-11-8-9-14-22(20)21/h8-9,12,14-15,18-19,21,23-24H,10-11,13,16-17H2,1-7H3,(H,31,34)/t19-,21?,23-,24-/m0/s1. The second-order valence-corrected chi connectivity index (χ2v) is 12.6. The highest BCUT2D eigenvalue weighted by Gasteiger charge is 2.40. The molecule has 0 aromatic rings. The van der Waals surface area contributed by atoms with E-state index in [4.69, 9.17) is 4.74 Å². The van der Waals surface area contributed by atoms with Gasteiger partial charge in [-0.2, -0.15) is 0 Å². The van der Waals surface area contributed by atoms with Crippen LogP contribution in [0.25, 0.3) is 0 Å². The summed E-state index contributed by atoms with van der Waals surface area (Å²) in [5.74, 6) is -0.481. The number of hydrogen-bond donors (Lipinski definition) is 1. The van der Waals surface area contributed by atoms with Crippen LogP contribution in [0.4, 0.5) is 4.79 Å². The molecule has 39 heavy (non-hydrogen) atoms. The normalized spacial score (nSPS) is 22.6. The van der Waals surface area contributed by atoms with E-state index in [1.807, 2.05) is 19.9 Å². The third-order valence-electron chi connectivity index (χ3n) is 7.09. The molecule has 2 aliphatic carbocycles. The number of carbonyl (C=O) groups excluding carboxylic acids is 4. The fourth-order valence-corrected chi connectivity index (χ4v) is 5.80. The summed E-state index contributed by atoms with van der Waals surface area (Å²) in [6.45, 7) is 10.5. The average Bonchev–Trinajstić information content (AvgIpc) is 3.38. The third kappa shape index (κ3) is 7.84. The Morgan fingerprint density at radius 2 is 1.95 bits per heavy atom. The molecule has 3 rings (SSSR count). The van der Waals surface area contributed by atoms with Crippen LogP contribution in [0.3, 0.4) is 0 Å². The molecule has 9 nitrogen and oxygen atoms in total. The van der Waals surface area contributed by atoms with Crippen LogP contribution in [-0.2, 0) is 19.1 Å². The zero-order chi connectivity index (χ0) is 28.9. The number of carbonyl (C=O) groups is 4. The van der Waals surface area contributed by atoms with Crippen molar-refractivity contribution in [2.45, 2.75) is 84.5 Å². The Labute approximate surface area is 236 Å². The number of nitrogens with one attached hydrogen (secondary N) is 1. The molecule has 1 unspecified atom stereocenters. The maximum absolute atomic E-state index is 13.6. The molecule has 0 saturated carbocycles. The van der Waals surface area contributed by atoms with Gasteiger partial charge in [0.25, 0.3) is 5.91 Å². The van der Waals surface area contributed by atoms with Crippen molar-refractivity contribution in [2.24, 2.45) is 16.8 Å². The molecule has 4 amide bonds. The molecule has 214 valence electrons. The van der Waals surface area contributed by atoms with Gasteiger partial charge in [-0.25, -0.2) is 9.79 Å². The van der Waals surface area contributed by atoms with Crippen molar-refractivity contribution in [1.82, 2.24) is 15.1 Å². The number of fused-ring (bicyclic) bond motifs is 1. The fraction of sp³-hybridized carbons (Fsp3) is 0.621. The van der Waals surface area contributed by atoms with E-state index in [0.717, 1.165) is 19.3 Å². The quantitative estimate of drug-likeness (QED) is 0.471. The highest BCUT2D eigenvalue weighted by atomic mass is 32.2. The number of rotatable bonds is 7. The van der Waals surface area contributed by atoms with Gasteiger partial charge in [-0.05, 0) is 64.0 Å². The highest BCUT2D eigenvalue weighted by molar-refractivity contribution is 7.99. The molecule has 10 heteroatoms. The predicted molar refractivity (Wildman–Crippen MR) is 154 cm³/mol. The average molecular weight is 559 g/mol. The van der Waals surface area contributed by atoms with Gasteiger partial charge in [0.15, 0.2) is 0 Å². The lowest BCUT2D eigenvalue weighted by Gasteiger charge is -2.32. The first-order valence-electron chi connectivity index (χ1n) is 13.6. The lowest BCUT2D eigenvalue weighted by atomic mass is 9.81. The largest absolute Gasteiger partial charge is 0.444 e. The number of thioether (sulfide) groups is 1. The maximum atomic E-state index is 13.6. The molecule has 1 heterocycles. The van der Waals surface area contributed by atoms with E-state index in [2.05, 4.69) is 28.5 Å². The van der Waals surface area contributed by atoms with Crippen molar-refractivity contribution in [3.63, 3.8) is 0 Å². The van der Waals surface area contributed by atoms with Gasteiger partial charge in [-0.1, -0.05) is 38.2 Å². The van der Waals surface area contributed by atoms with Gasteiger partial charge >= 0.3 is 6.09 Å². The molecule has 0 bridgehead atoms. The molecular weight excluding hydrogens is 516 g/mol. The molecule has 0 spiro atoms. The third-order valence-corrected chi connectivity index (χ3v) is 8.11. The Bertz CT molecular complexity index is 1090. The lowest BCUT2D eigenvalue weighted by Crippen LogP contribution is -2.57. The van der Waals surface area contributed by atoms with Crippen molar-refractivity contribution >= 4 is 41.8 Å². The Morgan fingerprint density at radius 3 is 2.62 bits per heavy atom. The Hall–Kier alpha value is -2.88. The molecule has 0 aromatic heterocycles. The van der Waals surface area contributed by atoms with Crippen LogP contribution in [0.5, 0.6) is 0 Å². The molecule has 0 aromatic carbocycles. The van der Waals surface area contributed by atoms with Crippen LogP contribution < -0.4 is 5.32 Å². The number of hydrogen-bond acceptors (Lipinski definition) is 6. The van der Waals surface area contributed by atoms with E-state index < -0.39 is 35.7 Å². The van der Waals surface area contributed by atoms with Crippen LogP contribution in [0, 0.1) is 11.8 Å². The second-order valence-electron chi connectivity index (χ2n) is 11.6. The van der Waals surface area contributed by atoms with Crippen LogP contribution in [0.2, 0.25) is 0 Å². The highest BCUT2D eigenvalue weighted by Crippen LogP contribution is 2.33. The number of aliphatic imine (C=N–C) groups is 1. The van der Waals surface area contributed by atoms with Crippen LogP contribution >= 0.6 is 11.8 Å². The molecular formula is C29H42N4O5S. The van der Waals surface area contributed by atoms with Gasteiger partial charge in [-0.3, -0.25) is 19.3 Å². The summed E-state index contributed by atoms with van der Waals surface area (Å²) >= 11 is 1.49. The van der Waals surface area contributed by atoms with Gasteiger partial charge < -0.3 is 15.0 Å². The molecule has 1 saturated heterocycles. The summed E-state index contributed by atoms with van der Waals surface area (Å²) < 4.78 is 5.36. The van der Waals surface area contributed by atoms with Crippen LogP contribution in [-0.4, -0.2) is 82.2 Å². The predicted octanol–water partition coefficient (Wildman–Crippen LogP) is 4.10. The number of amides is 4. The Kier molecular flexibility index (Phi) is 10.2. The molecule has 1 fully saturated rings. The van der Waals surface area contributed by atoms with E-state index in [9.17, 15) is 19.2 Å². The van der Waals surface area contributed by atoms with E-state index in [0.29, 0.717) is 11.6 Å². The summed E-state index contributed by atoms with van der Waals surface area (Å²) in [4.78, 5) is 59.3. The van der Waals surface area contributed by atoms with Crippen molar-refractivity contribution in [2.75, 3.05) is 18.7 Å². The van der Waals surface area contributed by atoms with Crippen molar-refractivity contribution in [3.05, 3.63) is 35.5 Å². The summed E-state index contributed by atoms with van der Waals surface area (Å²) in [5, 5.41) is 2.81. The van der Waals surface area contributed by atoms with Crippen molar-refractivity contribution < 1.29 is 23.9 Å². The summed E-state index contributed by atoms with van der Waals surface area (Å²) in [6.07, 6.45) is 12.4. The minimum Gasteiger partial charge on any atom is -0.444 e. The molecule has 3 aliphatic rings. The van der Waals surface area contributed by atoms with Crippen molar-refractivity contribution in [1.29, 1.82) is 0 Å². The maximum Gasteiger partial charge on any atom is 0.410 e. The van der Waals surface area contributed by atoms with Crippen molar-refractivity contribution in [3.8, 4) is 0 Å². The summed E-state index contributed by atoms with van der Waals surface area (Å²) in [7, 11) is 1.49. The SMILES string of the molecule is CC(C)[C@H](NC(=O)[C@H](C)N(C)C(=O)OC(C)(C)C)C(=O)N1CSC[C@H]1C(=O)N=CC1CCC=C2CC=CC=C21. The van der Waals surface area contributed by atoms with Crippen LogP contribution in [0.1, 0.15) is 60.8 Å². The molecule has 0 radical (unpaired) electrons. The minimum atomic E-state index is -0.859. The Morgan fingerprint density at radius 1 is 1.23 bits per heavy atom. The van der Waals surface area contributed by atoms with E-state index >= 15 is 0 Å². The zero-order valence-corrected chi connectivity index (χ0v) is 24.9. The lowest BCUT2D eigenvalue weighted by molar-refractivity contribution is -0.141. The molecule has 1 aliphatic heterocycles. The van der Waals surface area contributed by atoms with E-state index in [1.54, 1.807) is 33.9 Å². The van der Waals surface area contributed by atoms with Crippen LogP contribution in [0.15, 0.2) is 40.4 Å². The molecule has 1 N–H and O–H groups in total. The minimum absolute atomic E-state index is 0.0864. The van der Waals surface area contributed by atoms with Gasteiger partial charge in [0.2, 0.25) is 11.8 Å². The number of allylic oxidation sites excluding steroid dienone is 6. The van der Waals surface area contributed by atoms with E-state index in [1.165, 1.54) is 39.8 Å². The number of ether oxygens (including phenoxy) is 1. The first-order valence-corrected chi connectivity index (χ1v) is 14.7. The zero-order valence-electron chi connectivity index (χ0n) is 24.1. The van der Waals surface area contributed by atoms with E-state index in [-0.39, 0.29) is 23.7 Å². The summed E-state index contributed by atoms with van der Waals surface area (Å²) in [5.41, 5.74) is 1.81. The first-order chi connectivity index (χ1) is 18.3. The van der Waals surface area contributed by atoms with Gasteiger partial charge in [-0.15, -0.1) is 11.8 Å². The monoisotopic (exact) mass is 558 g/mol. The number of likely N-dealkylation sites (N-methyl/N-ethyl adjacent to an activating group) is 1. The topological polar surface area (TPSA) is 108 Å². The smallest absolute Gasteiger partial charge is 0.410 e. The summed E-state index contributed by atoms with van der Waals surface area (Å²) in [6, 6.07) is -2.39. The Balaban J connectivity index is 1.66. The second kappa shape index (κ2) is 13.0. The van der Waals surface area contributed by atoms with Gasteiger partial charge in [0.05, 0.1) is 5.88 Å². The number of nitrogens with zero attached hydrogens (tertiary/aromatic N) is 3.